The van der Waals surface area contributed by atoms with Crippen LogP contribution < -0.4 is 5.56 Å². The summed E-state index contributed by atoms with van der Waals surface area (Å²) in [6.45, 7) is 8.50. The van der Waals surface area contributed by atoms with Crippen molar-refractivity contribution in [1.29, 1.82) is 0 Å². The van der Waals surface area contributed by atoms with Gasteiger partial charge in [0.2, 0.25) is 0 Å². The maximum absolute atomic E-state index is 13.3. The summed E-state index contributed by atoms with van der Waals surface area (Å²) in [4.78, 5) is 18.1. The smallest absolute Gasteiger partial charge is 0.282 e. The minimum absolute atomic E-state index is 0.145. The molecule has 0 radical (unpaired) electrons. The van der Waals surface area contributed by atoms with Crippen LogP contribution in [0, 0.1) is 13.8 Å². The Morgan fingerprint density at radius 1 is 1.09 bits per heavy atom. The summed E-state index contributed by atoms with van der Waals surface area (Å²) in [7, 11) is 0. The minimum atomic E-state index is -0.145. The lowest BCUT2D eigenvalue weighted by Crippen LogP contribution is -2.22. The molecule has 6 heteroatoms. The molecule has 2 heterocycles. The molecule has 0 atom stereocenters. The number of nitrogens with zero attached hydrogens (tertiary/aromatic N) is 4. The molecule has 4 rings (SSSR count). The molecule has 0 saturated carbocycles. The van der Waals surface area contributed by atoms with E-state index in [1.54, 1.807) is 6.21 Å². The summed E-state index contributed by atoms with van der Waals surface area (Å²) in [6, 6.07) is 16.2. The zero-order chi connectivity index (χ0) is 23.5. The van der Waals surface area contributed by atoms with E-state index in [-0.39, 0.29) is 5.56 Å². The van der Waals surface area contributed by atoms with E-state index in [9.17, 15) is 4.79 Å². The summed E-state index contributed by atoms with van der Waals surface area (Å²) in [5.41, 5.74) is 6.26. The average molecular weight is 505 g/mol. The van der Waals surface area contributed by atoms with Gasteiger partial charge in [-0.25, -0.2) is 4.98 Å². The van der Waals surface area contributed by atoms with Crippen LogP contribution >= 0.6 is 15.9 Å². The molecular formula is C27H29BrN4O. The number of aromatic nitrogens is 3. The lowest BCUT2D eigenvalue weighted by molar-refractivity contribution is 0.675. The van der Waals surface area contributed by atoms with E-state index in [0.717, 1.165) is 40.7 Å². The fourth-order valence-electron chi connectivity index (χ4n) is 4.25. The van der Waals surface area contributed by atoms with Gasteiger partial charge < -0.3 is 4.57 Å². The van der Waals surface area contributed by atoms with Crippen LogP contribution in [-0.2, 0) is 12.8 Å². The molecule has 0 N–H and O–H groups in total. The number of aryl methyl sites for hydroxylation is 3. The van der Waals surface area contributed by atoms with E-state index >= 15 is 0 Å². The van der Waals surface area contributed by atoms with Crippen LogP contribution in [0.1, 0.15) is 55.0 Å². The van der Waals surface area contributed by atoms with Crippen LogP contribution in [0.15, 0.2) is 62.9 Å². The molecule has 33 heavy (non-hydrogen) atoms. The highest BCUT2D eigenvalue weighted by molar-refractivity contribution is 9.10. The second-order valence-electron chi connectivity index (χ2n) is 8.30. The molecule has 4 aromatic rings. The molecule has 0 aliphatic heterocycles. The van der Waals surface area contributed by atoms with Gasteiger partial charge in [-0.1, -0.05) is 54.4 Å². The molecule has 5 nitrogen and oxygen atoms in total. The van der Waals surface area contributed by atoms with Crippen LogP contribution in [0.3, 0.4) is 0 Å². The van der Waals surface area contributed by atoms with Gasteiger partial charge in [0.05, 0.1) is 17.1 Å². The second-order valence-corrected chi connectivity index (χ2v) is 9.21. The van der Waals surface area contributed by atoms with Crippen molar-refractivity contribution < 1.29 is 0 Å². The van der Waals surface area contributed by atoms with Crippen molar-refractivity contribution in [3.8, 4) is 5.69 Å². The van der Waals surface area contributed by atoms with Crippen molar-refractivity contribution in [2.45, 2.75) is 53.4 Å². The second kappa shape index (κ2) is 9.87. The van der Waals surface area contributed by atoms with Crippen molar-refractivity contribution in [3.05, 3.63) is 91.7 Å². The molecule has 0 aliphatic rings. The maximum Gasteiger partial charge on any atom is 0.282 e. The number of rotatable bonds is 7. The van der Waals surface area contributed by atoms with E-state index < -0.39 is 0 Å². The zero-order valence-electron chi connectivity index (χ0n) is 19.6. The molecule has 2 aromatic heterocycles. The summed E-state index contributed by atoms with van der Waals surface area (Å²) in [5, 5.41) is 5.21. The lowest BCUT2D eigenvalue weighted by atomic mass is 10.1. The van der Waals surface area contributed by atoms with E-state index in [2.05, 4.69) is 83.6 Å². The summed E-state index contributed by atoms with van der Waals surface area (Å²) >= 11 is 3.46. The number of unbranched alkanes of at least 4 members (excludes halogenated alkanes) is 1. The Balaban J connectivity index is 1.82. The summed E-state index contributed by atoms with van der Waals surface area (Å²) in [6.07, 6.45) is 5.43. The van der Waals surface area contributed by atoms with Crippen molar-refractivity contribution in [2.24, 2.45) is 5.10 Å². The Labute approximate surface area is 202 Å². The third-order valence-electron chi connectivity index (χ3n) is 6.03. The number of fused-ring (bicyclic) bond motifs is 1. The standard InChI is InChI=1S/C27H29BrN4O/c1-5-7-12-26-30-24-14-13-22(28)16-23(24)27(33)32(26)29-17-21-15-18(3)31(19(21)4)25-11-9-8-10-20(25)6-2/h8-11,13-17H,5-7,12H2,1-4H3. The zero-order valence-corrected chi connectivity index (χ0v) is 21.2. The Bertz CT molecular complexity index is 1400. The number of para-hydroxylation sites is 1. The van der Waals surface area contributed by atoms with Crippen molar-refractivity contribution in [1.82, 2.24) is 14.2 Å². The van der Waals surface area contributed by atoms with Gasteiger partial charge in [0.1, 0.15) is 5.82 Å². The molecule has 0 bridgehead atoms. The topological polar surface area (TPSA) is 52.2 Å². The molecule has 0 fully saturated rings. The first-order valence-corrected chi connectivity index (χ1v) is 12.3. The van der Waals surface area contributed by atoms with Crippen LogP contribution in [0.5, 0.6) is 0 Å². The van der Waals surface area contributed by atoms with E-state index in [0.29, 0.717) is 23.1 Å². The number of hydrogen-bond acceptors (Lipinski definition) is 3. The number of benzene rings is 2. The average Bonchev–Trinajstić information content (AvgIpc) is 3.10. The van der Waals surface area contributed by atoms with Gasteiger partial charge in [0.15, 0.2) is 0 Å². The predicted molar refractivity (Wildman–Crippen MR) is 140 cm³/mol. The highest BCUT2D eigenvalue weighted by Gasteiger charge is 2.14. The Kier molecular flexibility index (Phi) is 6.94. The van der Waals surface area contributed by atoms with Gasteiger partial charge in [-0.05, 0) is 62.6 Å². The fourth-order valence-corrected chi connectivity index (χ4v) is 4.61. The molecule has 0 unspecified atom stereocenters. The van der Waals surface area contributed by atoms with Gasteiger partial charge in [-0.2, -0.15) is 9.78 Å². The van der Waals surface area contributed by atoms with Gasteiger partial charge >= 0.3 is 0 Å². The van der Waals surface area contributed by atoms with Crippen molar-refractivity contribution in [2.75, 3.05) is 0 Å². The molecule has 2 aromatic carbocycles. The van der Waals surface area contributed by atoms with Crippen molar-refractivity contribution >= 4 is 33.0 Å². The first-order valence-electron chi connectivity index (χ1n) is 11.5. The monoisotopic (exact) mass is 504 g/mol. The molecule has 170 valence electrons. The van der Waals surface area contributed by atoms with Crippen LogP contribution in [0.2, 0.25) is 0 Å². The van der Waals surface area contributed by atoms with Crippen LogP contribution in [0.25, 0.3) is 16.6 Å². The molecule has 0 amide bonds. The van der Waals surface area contributed by atoms with Gasteiger partial charge in [-0.3, -0.25) is 4.79 Å². The maximum atomic E-state index is 13.3. The Morgan fingerprint density at radius 3 is 2.64 bits per heavy atom. The largest absolute Gasteiger partial charge is 0.318 e. The minimum Gasteiger partial charge on any atom is -0.318 e. The molecule has 0 spiro atoms. The number of halogens is 1. The first kappa shape index (κ1) is 23.2. The van der Waals surface area contributed by atoms with Gasteiger partial charge in [-0.15, -0.1) is 0 Å². The number of hydrogen-bond donors (Lipinski definition) is 0. The Morgan fingerprint density at radius 2 is 1.88 bits per heavy atom. The lowest BCUT2D eigenvalue weighted by Gasteiger charge is -2.14. The molecule has 0 aliphatic carbocycles. The van der Waals surface area contributed by atoms with E-state index in [4.69, 9.17) is 4.98 Å². The molecule has 0 saturated heterocycles. The van der Waals surface area contributed by atoms with Gasteiger partial charge in [0.25, 0.3) is 5.56 Å². The quantitative estimate of drug-likeness (QED) is 0.275. The van der Waals surface area contributed by atoms with E-state index in [1.165, 1.54) is 15.9 Å². The third kappa shape index (κ3) is 4.58. The normalized spacial score (nSPS) is 11.7. The Hall–Kier alpha value is -2.99. The SMILES string of the molecule is CCCCc1nc2ccc(Br)cc2c(=O)n1N=Cc1cc(C)n(-c2ccccc2CC)c1C. The van der Waals surface area contributed by atoms with Gasteiger partial charge in [0, 0.05) is 33.5 Å². The highest BCUT2D eigenvalue weighted by Crippen LogP contribution is 2.23. The van der Waals surface area contributed by atoms with E-state index in [1.807, 2.05) is 18.2 Å². The van der Waals surface area contributed by atoms with Crippen LogP contribution in [-0.4, -0.2) is 20.4 Å². The predicted octanol–water partition coefficient (Wildman–Crippen LogP) is 6.35. The summed E-state index contributed by atoms with van der Waals surface area (Å²) in [5.74, 6) is 0.693. The molecular weight excluding hydrogens is 476 g/mol. The highest BCUT2D eigenvalue weighted by atomic mass is 79.9. The fraction of sp³-hybridized carbons (Fsp3) is 0.296. The summed E-state index contributed by atoms with van der Waals surface area (Å²) < 4.78 is 4.58. The van der Waals surface area contributed by atoms with Crippen LogP contribution in [0.4, 0.5) is 0 Å². The third-order valence-corrected chi connectivity index (χ3v) is 6.52. The van der Waals surface area contributed by atoms with Crippen molar-refractivity contribution in [3.63, 3.8) is 0 Å². The first-order chi connectivity index (χ1) is 15.9.